The minimum absolute atomic E-state index is 0.0297. The van der Waals surface area contributed by atoms with Gasteiger partial charge in [-0.1, -0.05) is 50.7 Å². The predicted molar refractivity (Wildman–Crippen MR) is 86.7 cm³/mol. The van der Waals surface area contributed by atoms with Crippen LogP contribution in [0.15, 0.2) is 46.7 Å². The van der Waals surface area contributed by atoms with Crippen LogP contribution in [-0.2, 0) is 4.79 Å². The van der Waals surface area contributed by atoms with Crippen LogP contribution in [-0.4, -0.2) is 23.0 Å². The first-order valence-electron chi connectivity index (χ1n) is 6.27. The minimum Gasteiger partial charge on any atom is -0.352 e. The monoisotopic (exact) mass is 295 g/mol. The van der Waals surface area contributed by atoms with Crippen LogP contribution in [0, 0.1) is 0 Å². The molecule has 0 unspecified atom stereocenters. The Bertz CT molecular complexity index is 410. The fourth-order valence-corrected chi connectivity index (χ4v) is 2.74. The van der Waals surface area contributed by atoms with E-state index in [0.717, 1.165) is 10.6 Å². The van der Waals surface area contributed by atoms with E-state index in [1.165, 1.54) is 0 Å². The number of nitrogens with one attached hydrogen (secondary N) is 1. The molecule has 0 fully saturated rings. The van der Waals surface area contributed by atoms with Gasteiger partial charge in [-0.25, -0.2) is 0 Å². The number of rotatable bonds is 6. The van der Waals surface area contributed by atoms with E-state index in [9.17, 15) is 4.79 Å². The molecule has 0 bridgehead atoms. The van der Waals surface area contributed by atoms with E-state index in [1.54, 1.807) is 17.8 Å². The van der Waals surface area contributed by atoms with Crippen LogP contribution in [0.25, 0.3) is 0 Å². The van der Waals surface area contributed by atoms with E-state index in [0.29, 0.717) is 6.54 Å². The van der Waals surface area contributed by atoms with Crippen molar-refractivity contribution >= 4 is 29.4 Å². The number of hydrogen-bond acceptors (Lipinski definition) is 3. The Morgan fingerprint density at radius 3 is 2.58 bits per heavy atom. The van der Waals surface area contributed by atoms with Crippen LogP contribution in [0.3, 0.4) is 0 Å². The van der Waals surface area contributed by atoms with Gasteiger partial charge < -0.3 is 5.32 Å². The van der Waals surface area contributed by atoms with Crippen molar-refractivity contribution in [3.63, 3.8) is 0 Å². The molecular formula is C15H21NOS2. The standard InChI is InChI=1S/C15H21NOS2/c1-15(2,3)19-12-10-16-14(17)9-11-18-13-7-5-4-6-8-13/h4-9,11H,10,12H2,1-3H3,(H,16,17)/b11-9+. The van der Waals surface area contributed by atoms with Gasteiger partial charge in [-0.3, -0.25) is 4.79 Å². The Kier molecular flexibility index (Phi) is 7.10. The molecule has 1 rings (SSSR count). The van der Waals surface area contributed by atoms with Crippen LogP contribution < -0.4 is 5.32 Å². The SMILES string of the molecule is CC(C)(C)SCCNC(=O)/C=C/Sc1ccccc1. The minimum atomic E-state index is -0.0297. The van der Waals surface area contributed by atoms with Crippen molar-refractivity contribution < 1.29 is 4.79 Å². The Hall–Kier alpha value is -0.870. The van der Waals surface area contributed by atoms with Gasteiger partial charge in [0.2, 0.25) is 5.91 Å². The number of thioether (sulfide) groups is 2. The summed E-state index contributed by atoms with van der Waals surface area (Å²) in [6, 6.07) is 9.99. The lowest BCUT2D eigenvalue weighted by Crippen LogP contribution is -2.25. The highest BCUT2D eigenvalue weighted by Gasteiger charge is 2.09. The van der Waals surface area contributed by atoms with E-state index >= 15 is 0 Å². The van der Waals surface area contributed by atoms with Crippen molar-refractivity contribution in [3.05, 3.63) is 41.8 Å². The molecule has 0 aliphatic carbocycles. The molecule has 1 aromatic carbocycles. The molecule has 4 heteroatoms. The Morgan fingerprint density at radius 2 is 1.95 bits per heavy atom. The van der Waals surface area contributed by atoms with Crippen molar-refractivity contribution in [3.8, 4) is 0 Å². The van der Waals surface area contributed by atoms with Gasteiger partial charge in [0.15, 0.2) is 0 Å². The number of amides is 1. The zero-order valence-electron chi connectivity index (χ0n) is 11.7. The van der Waals surface area contributed by atoms with Gasteiger partial charge in [0, 0.05) is 28.0 Å². The average molecular weight is 295 g/mol. The van der Waals surface area contributed by atoms with E-state index in [-0.39, 0.29) is 10.7 Å². The van der Waals surface area contributed by atoms with Gasteiger partial charge in [-0.2, -0.15) is 11.8 Å². The average Bonchev–Trinajstić information content (AvgIpc) is 2.35. The van der Waals surface area contributed by atoms with Gasteiger partial charge in [0.1, 0.15) is 0 Å². The molecule has 2 nitrogen and oxygen atoms in total. The summed E-state index contributed by atoms with van der Waals surface area (Å²) in [5.41, 5.74) is 0. The van der Waals surface area contributed by atoms with Crippen molar-refractivity contribution in [2.75, 3.05) is 12.3 Å². The topological polar surface area (TPSA) is 29.1 Å². The summed E-state index contributed by atoms with van der Waals surface area (Å²) in [4.78, 5) is 12.7. The van der Waals surface area contributed by atoms with E-state index in [1.807, 2.05) is 47.5 Å². The molecule has 0 aliphatic heterocycles. The largest absolute Gasteiger partial charge is 0.352 e. The highest BCUT2D eigenvalue weighted by atomic mass is 32.2. The van der Waals surface area contributed by atoms with Crippen LogP contribution >= 0.6 is 23.5 Å². The lowest BCUT2D eigenvalue weighted by Gasteiger charge is -2.17. The summed E-state index contributed by atoms with van der Waals surface area (Å²) >= 11 is 3.40. The van der Waals surface area contributed by atoms with Crippen LogP contribution in [0.2, 0.25) is 0 Å². The molecule has 1 N–H and O–H groups in total. The van der Waals surface area contributed by atoms with E-state index in [2.05, 4.69) is 26.1 Å². The first kappa shape index (κ1) is 16.2. The fourth-order valence-electron chi connectivity index (χ4n) is 1.26. The lowest BCUT2D eigenvalue weighted by atomic mass is 10.3. The summed E-state index contributed by atoms with van der Waals surface area (Å²) < 4.78 is 0.254. The van der Waals surface area contributed by atoms with Gasteiger partial charge in [-0.15, -0.1) is 0 Å². The number of benzene rings is 1. The third-order valence-electron chi connectivity index (χ3n) is 2.10. The Labute approximate surface area is 124 Å². The molecule has 1 aromatic rings. The highest BCUT2D eigenvalue weighted by molar-refractivity contribution is 8.02. The third kappa shape index (κ3) is 8.78. The molecule has 0 aromatic heterocycles. The van der Waals surface area contributed by atoms with Crippen LogP contribution in [0.4, 0.5) is 0 Å². The molecule has 0 atom stereocenters. The second-order valence-corrected chi connectivity index (χ2v) is 7.89. The van der Waals surface area contributed by atoms with E-state index < -0.39 is 0 Å². The third-order valence-corrected chi connectivity index (χ3v) is 4.19. The van der Waals surface area contributed by atoms with Crippen LogP contribution in [0.1, 0.15) is 20.8 Å². The summed E-state index contributed by atoms with van der Waals surface area (Å²) in [5, 5.41) is 4.70. The normalized spacial score (nSPS) is 11.7. The molecular weight excluding hydrogens is 274 g/mol. The molecule has 1 amide bonds. The second-order valence-electron chi connectivity index (χ2n) is 4.99. The smallest absolute Gasteiger partial charge is 0.244 e. The summed E-state index contributed by atoms with van der Waals surface area (Å²) in [6.07, 6.45) is 1.58. The molecule has 0 saturated carbocycles. The predicted octanol–water partition coefficient (Wildman–Crippen LogP) is 3.94. The van der Waals surface area contributed by atoms with Gasteiger partial charge in [0.25, 0.3) is 0 Å². The molecule has 104 valence electrons. The molecule has 0 heterocycles. The van der Waals surface area contributed by atoms with Gasteiger partial charge in [-0.05, 0) is 17.5 Å². The maximum absolute atomic E-state index is 11.5. The van der Waals surface area contributed by atoms with E-state index in [4.69, 9.17) is 0 Å². The summed E-state index contributed by atoms with van der Waals surface area (Å²) in [6.45, 7) is 7.24. The number of carbonyl (C=O) groups excluding carboxylic acids is 1. The zero-order chi connectivity index (χ0) is 14.1. The molecule has 19 heavy (non-hydrogen) atoms. The maximum atomic E-state index is 11.5. The molecule has 0 radical (unpaired) electrons. The Morgan fingerprint density at radius 1 is 1.26 bits per heavy atom. The molecule has 0 spiro atoms. The first-order valence-corrected chi connectivity index (χ1v) is 8.14. The quantitative estimate of drug-likeness (QED) is 0.489. The van der Waals surface area contributed by atoms with Crippen molar-refractivity contribution in [1.82, 2.24) is 5.32 Å². The lowest BCUT2D eigenvalue weighted by molar-refractivity contribution is -0.116. The first-order chi connectivity index (χ1) is 8.97. The van der Waals surface area contributed by atoms with Gasteiger partial charge in [0.05, 0.1) is 0 Å². The summed E-state index contributed by atoms with van der Waals surface area (Å²) in [5.74, 6) is 0.910. The van der Waals surface area contributed by atoms with Crippen molar-refractivity contribution in [1.29, 1.82) is 0 Å². The van der Waals surface area contributed by atoms with Crippen molar-refractivity contribution in [2.24, 2.45) is 0 Å². The van der Waals surface area contributed by atoms with Crippen molar-refractivity contribution in [2.45, 2.75) is 30.4 Å². The van der Waals surface area contributed by atoms with Gasteiger partial charge >= 0.3 is 0 Å². The molecule has 0 aliphatic rings. The fraction of sp³-hybridized carbons (Fsp3) is 0.400. The molecule has 0 saturated heterocycles. The summed E-state index contributed by atoms with van der Waals surface area (Å²) in [7, 11) is 0. The zero-order valence-corrected chi connectivity index (χ0v) is 13.3. The number of hydrogen-bond donors (Lipinski definition) is 1. The van der Waals surface area contributed by atoms with Crippen LogP contribution in [0.5, 0.6) is 0 Å². The Balaban J connectivity index is 2.17. The number of carbonyl (C=O) groups is 1. The highest BCUT2D eigenvalue weighted by Crippen LogP contribution is 2.22. The second kappa shape index (κ2) is 8.33. The maximum Gasteiger partial charge on any atom is 0.244 e.